The Kier molecular flexibility index (Phi) is 12.1. The number of aliphatic hydroxyl groups is 2. The van der Waals surface area contributed by atoms with Crippen LogP contribution in [-0.2, 0) is 19.2 Å². The third kappa shape index (κ3) is 8.34. The molecule has 0 saturated heterocycles. The molecule has 0 aliphatic carbocycles. The van der Waals surface area contributed by atoms with Gasteiger partial charge in [-0.3, -0.25) is 14.4 Å². The van der Waals surface area contributed by atoms with E-state index >= 15 is 0 Å². The molecule has 6 atom stereocenters. The van der Waals surface area contributed by atoms with E-state index in [4.69, 9.17) is 10.8 Å². The van der Waals surface area contributed by atoms with Gasteiger partial charge in [-0.2, -0.15) is 0 Å². The van der Waals surface area contributed by atoms with Gasteiger partial charge in [0.25, 0.3) is 0 Å². The minimum Gasteiger partial charge on any atom is -0.480 e. The highest BCUT2D eigenvalue weighted by atomic mass is 16.4. The lowest BCUT2D eigenvalue weighted by Gasteiger charge is -2.27. The molecule has 29 heavy (non-hydrogen) atoms. The quantitative estimate of drug-likeness (QED) is 0.177. The first-order valence-electron chi connectivity index (χ1n) is 9.65. The van der Waals surface area contributed by atoms with Crippen LogP contribution in [-0.4, -0.2) is 76.4 Å². The Morgan fingerprint density at radius 2 is 1.28 bits per heavy atom. The first-order valence-corrected chi connectivity index (χ1v) is 9.65. The minimum absolute atomic E-state index is 0.334. The van der Waals surface area contributed by atoms with Crippen LogP contribution in [0.3, 0.4) is 0 Å². The van der Waals surface area contributed by atoms with Crippen molar-refractivity contribution >= 4 is 23.7 Å². The maximum atomic E-state index is 12.6. The van der Waals surface area contributed by atoms with E-state index in [-0.39, 0.29) is 11.8 Å². The zero-order valence-electron chi connectivity index (χ0n) is 17.3. The Hall–Kier alpha value is -2.24. The molecule has 0 radical (unpaired) electrons. The zero-order valence-corrected chi connectivity index (χ0v) is 17.3. The predicted octanol–water partition coefficient (Wildman–Crippen LogP) is -2.07. The van der Waals surface area contributed by atoms with Gasteiger partial charge in [-0.25, -0.2) is 4.79 Å². The van der Waals surface area contributed by atoms with Crippen LogP contribution in [0.25, 0.3) is 0 Å². The zero-order chi connectivity index (χ0) is 22.7. The molecule has 6 unspecified atom stereocenters. The summed E-state index contributed by atoms with van der Waals surface area (Å²) in [5.41, 5.74) is 5.45. The van der Waals surface area contributed by atoms with Crippen LogP contribution in [0.1, 0.15) is 40.5 Å². The molecule has 0 aliphatic heterocycles. The highest BCUT2D eigenvalue weighted by Gasteiger charge is 2.33. The highest BCUT2D eigenvalue weighted by Crippen LogP contribution is 2.10. The molecule has 0 rings (SSSR count). The molecule has 0 aromatic rings. The molecular weight excluding hydrogens is 384 g/mol. The smallest absolute Gasteiger partial charge is 0.326 e. The van der Waals surface area contributed by atoms with Crippen molar-refractivity contribution in [3.8, 4) is 0 Å². The van der Waals surface area contributed by atoms with E-state index in [9.17, 15) is 29.4 Å². The van der Waals surface area contributed by atoms with Gasteiger partial charge in [0.2, 0.25) is 17.7 Å². The second-order valence-electron chi connectivity index (χ2n) is 7.11. The minimum atomic E-state index is -1.40. The summed E-state index contributed by atoms with van der Waals surface area (Å²) in [6.45, 7) is 5.56. The molecule has 8 N–H and O–H groups in total. The number of hydrogen-bond donors (Lipinski definition) is 7. The molecule has 0 bridgehead atoms. The fourth-order valence-corrected chi connectivity index (χ4v) is 2.44. The molecule has 3 amide bonds. The molecule has 0 saturated carbocycles. The monoisotopic (exact) mass is 418 g/mol. The molecule has 0 aromatic carbocycles. The molecule has 11 heteroatoms. The van der Waals surface area contributed by atoms with Crippen LogP contribution in [0.5, 0.6) is 0 Å². The number of carbonyl (C=O) groups is 4. The number of aliphatic hydroxyl groups excluding tert-OH is 2. The maximum Gasteiger partial charge on any atom is 0.326 e. The van der Waals surface area contributed by atoms with Crippen LogP contribution in [0.15, 0.2) is 0 Å². The number of hydrogen-bond acceptors (Lipinski definition) is 7. The van der Waals surface area contributed by atoms with E-state index in [1.807, 2.05) is 0 Å². The van der Waals surface area contributed by atoms with Gasteiger partial charge in [-0.1, -0.05) is 40.5 Å². The van der Waals surface area contributed by atoms with Gasteiger partial charge in [0, 0.05) is 0 Å². The summed E-state index contributed by atoms with van der Waals surface area (Å²) in [5, 5.41) is 34.9. The van der Waals surface area contributed by atoms with Crippen molar-refractivity contribution in [1.29, 1.82) is 0 Å². The van der Waals surface area contributed by atoms with Crippen molar-refractivity contribution in [1.82, 2.24) is 16.0 Å². The normalized spacial score (nSPS) is 17.2. The lowest BCUT2D eigenvalue weighted by Crippen LogP contribution is -2.60. The maximum absolute atomic E-state index is 12.6. The average Bonchev–Trinajstić information content (AvgIpc) is 2.71. The Morgan fingerprint density at radius 3 is 1.69 bits per heavy atom. The fraction of sp³-hybridized carbons (Fsp3) is 0.778. The summed E-state index contributed by atoms with van der Waals surface area (Å²) >= 11 is 0. The number of carboxylic acids is 1. The molecule has 168 valence electrons. The SMILES string of the molecule is CCC(C)C(NC(=O)C(CO)NC(=O)C(NC(=O)C(N)CO)C(C)CC)C(=O)O. The van der Waals surface area contributed by atoms with E-state index in [1.165, 1.54) is 0 Å². The molecule has 0 fully saturated rings. The summed E-state index contributed by atoms with van der Waals surface area (Å²) in [7, 11) is 0. The lowest BCUT2D eigenvalue weighted by molar-refractivity contribution is -0.144. The van der Waals surface area contributed by atoms with Crippen LogP contribution in [0.2, 0.25) is 0 Å². The van der Waals surface area contributed by atoms with Gasteiger partial charge < -0.3 is 37.0 Å². The number of carbonyl (C=O) groups excluding carboxylic acids is 3. The standard InChI is InChI=1S/C18H34N4O7/c1-5-9(3)13(21-15(25)11(19)7-23)17(27)20-12(8-24)16(26)22-14(18(28)29)10(4)6-2/h9-14,23-24H,5-8,19H2,1-4H3,(H,20,27)(H,21,25)(H,22,26)(H,28,29). The molecular formula is C18H34N4O7. The number of aliphatic carboxylic acids is 1. The first kappa shape index (κ1) is 26.8. The third-order valence-corrected chi connectivity index (χ3v) is 4.92. The summed E-state index contributed by atoms with van der Waals surface area (Å²) < 4.78 is 0. The van der Waals surface area contributed by atoms with E-state index in [1.54, 1.807) is 27.7 Å². The van der Waals surface area contributed by atoms with Gasteiger partial charge in [0.1, 0.15) is 24.2 Å². The molecule has 0 aromatic heterocycles. The first-order chi connectivity index (χ1) is 13.5. The van der Waals surface area contributed by atoms with Crippen LogP contribution < -0.4 is 21.7 Å². The Labute approximate surface area is 170 Å². The van der Waals surface area contributed by atoms with Crippen LogP contribution >= 0.6 is 0 Å². The summed E-state index contributed by atoms with van der Waals surface area (Å²) in [6.07, 6.45) is 1.01. The van der Waals surface area contributed by atoms with E-state index < -0.39 is 61.1 Å². The van der Waals surface area contributed by atoms with Crippen LogP contribution in [0, 0.1) is 11.8 Å². The van der Waals surface area contributed by atoms with Crippen LogP contribution in [0.4, 0.5) is 0 Å². The topological polar surface area (TPSA) is 191 Å². The van der Waals surface area contributed by atoms with Gasteiger partial charge in [-0.15, -0.1) is 0 Å². The second-order valence-corrected chi connectivity index (χ2v) is 7.11. The molecule has 11 nitrogen and oxygen atoms in total. The van der Waals surface area contributed by atoms with Crippen molar-refractivity contribution in [2.24, 2.45) is 17.6 Å². The summed E-state index contributed by atoms with van der Waals surface area (Å²) in [6, 6.07) is -4.84. The molecule has 0 heterocycles. The molecule has 0 spiro atoms. The van der Waals surface area contributed by atoms with Crippen molar-refractivity contribution in [2.45, 2.75) is 64.7 Å². The number of rotatable bonds is 13. The Balaban J connectivity index is 5.29. The predicted molar refractivity (Wildman–Crippen MR) is 104 cm³/mol. The number of carboxylic acid groups (broad SMARTS) is 1. The van der Waals surface area contributed by atoms with Crippen molar-refractivity contribution in [3.05, 3.63) is 0 Å². The van der Waals surface area contributed by atoms with Gasteiger partial charge >= 0.3 is 5.97 Å². The Morgan fingerprint density at radius 1 is 0.793 bits per heavy atom. The van der Waals surface area contributed by atoms with E-state index in [2.05, 4.69) is 16.0 Å². The molecule has 0 aliphatic rings. The highest BCUT2D eigenvalue weighted by molar-refractivity contribution is 5.94. The second kappa shape index (κ2) is 13.1. The summed E-state index contributed by atoms with van der Waals surface area (Å²) in [5.74, 6) is -4.24. The van der Waals surface area contributed by atoms with Crippen molar-refractivity contribution in [3.63, 3.8) is 0 Å². The van der Waals surface area contributed by atoms with E-state index in [0.29, 0.717) is 12.8 Å². The third-order valence-electron chi connectivity index (χ3n) is 4.92. The summed E-state index contributed by atoms with van der Waals surface area (Å²) in [4.78, 5) is 48.4. The number of nitrogens with two attached hydrogens (primary N) is 1. The van der Waals surface area contributed by atoms with Gasteiger partial charge in [0.15, 0.2) is 0 Å². The number of amides is 3. The van der Waals surface area contributed by atoms with E-state index in [0.717, 1.165) is 0 Å². The van der Waals surface area contributed by atoms with Crippen molar-refractivity contribution in [2.75, 3.05) is 13.2 Å². The average molecular weight is 418 g/mol. The largest absolute Gasteiger partial charge is 0.480 e. The van der Waals surface area contributed by atoms with Gasteiger partial charge in [-0.05, 0) is 11.8 Å². The van der Waals surface area contributed by atoms with Gasteiger partial charge in [0.05, 0.1) is 13.2 Å². The Bertz CT molecular complexity index is 572. The van der Waals surface area contributed by atoms with Crippen molar-refractivity contribution < 1.29 is 34.5 Å². The fourth-order valence-electron chi connectivity index (χ4n) is 2.44. The number of nitrogens with one attached hydrogen (secondary N) is 3. The lowest BCUT2D eigenvalue weighted by atomic mass is 9.97.